The molecule has 0 amide bonds. The Morgan fingerprint density at radius 2 is 0.787 bits per heavy atom. The summed E-state index contributed by atoms with van der Waals surface area (Å²) in [5.41, 5.74) is -6.15. The molecule has 0 fully saturated rings. The van der Waals surface area contributed by atoms with Crippen LogP contribution in [-0.2, 0) is 46.7 Å². The zero-order chi connectivity index (χ0) is 37.4. The minimum atomic E-state index is -4.47. The smallest absolute Gasteiger partial charge is 0.367 e. The normalized spacial score (nSPS) is 14.8. The molecule has 0 saturated heterocycles. The maximum atomic E-state index is 14.5. The van der Waals surface area contributed by atoms with Crippen LogP contribution >= 0.6 is 7.82 Å². The molecule has 268 valence electrons. The van der Waals surface area contributed by atoms with Crippen LogP contribution in [0.3, 0.4) is 0 Å². The summed E-state index contributed by atoms with van der Waals surface area (Å²) in [7, 11) is 2.00. The Morgan fingerprint density at radius 3 is 1.04 bits per heavy atom. The zero-order valence-electron chi connectivity index (χ0n) is 31.5. The maximum absolute atomic E-state index is 14.5. The van der Waals surface area contributed by atoms with Crippen LogP contribution in [0.2, 0.25) is 0 Å². The average Bonchev–Trinajstić information content (AvgIpc) is 2.84. The minimum absolute atomic E-state index is 0.00878. The molecule has 47 heavy (non-hydrogen) atoms. The van der Waals surface area contributed by atoms with Gasteiger partial charge in [0.15, 0.2) is 17.3 Å². The van der Waals surface area contributed by atoms with Crippen molar-refractivity contribution >= 4 is 33.0 Å². The van der Waals surface area contributed by atoms with E-state index in [0.29, 0.717) is 16.7 Å². The number of carbonyl (C=O) groups excluding carboxylic acids is 3. The van der Waals surface area contributed by atoms with Gasteiger partial charge < -0.3 is 14.2 Å². The van der Waals surface area contributed by atoms with Gasteiger partial charge in [0, 0.05) is 12.1 Å². The number of Topliss-reactive ketones (excluding diaryl/α,β-unsaturated/α-hetero) is 3. The molecule has 0 bridgehead atoms. The number of carbonyl (C=O) groups is 3. The molecule has 12 heteroatoms. The Labute approximate surface area is 285 Å². The van der Waals surface area contributed by atoms with E-state index in [4.69, 9.17) is 35.6 Å². The Balaban J connectivity index is 6.02. The Kier molecular flexibility index (Phi) is 16.2. The van der Waals surface area contributed by atoms with Crippen LogP contribution in [0, 0.1) is 0 Å². The number of ether oxygens (including phenoxy) is 3. The van der Waals surface area contributed by atoms with E-state index in [0.717, 1.165) is 0 Å². The molecule has 0 aromatic carbocycles. The van der Waals surface area contributed by atoms with Crippen molar-refractivity contribution in [1.29, 1.82) is 0 Å². The molecule has 0 N–H and O–H groups in total. The van der Waals surface area contributed by atoms with E-state index in [1.165, 1.54) is 6.92 Å². The molecule has 0 spiro atoms. The zero-order valence-corrected chi connectivity index (χ0v) is 32.4. The largest absolute Gasteiger partial charge is 0.475 e. The minimum Gasteiger partial charge on any atom is -0.367 e. The van der Waals surface area contributed by atoms with Crippen LogP contribution in [0.5, 0.6) is 0 Å². The molecular weight excluding hydrogens is 622 g/mol. The second kappa shape index (κ2) is 16.8. The molecule has 10 nitrogen and oxygen atoms in total. The first-order valence-electron chi connectivity index (χ1n) is 15.8. The van der Waals surface area contributed by atoms with Gasteiger partial charge in [0.05, 0.1) is 24.4 Å². The first kappa shape index (κ1) is 45.3. The first-order valence-corrected chi connectivity index (χ1v) is 17.3. The van der Waals surface area contributed by atoms with Crippen molar-refractivity contribution in [2.45, 2.75) is 150 Å². The molecule has 0 aliphatic carbocycles. The first-order chi connectivity index (χ1) is 20.8. The summed E-state index contributed by atoms with van der Waals surface area (Å²) in [6.45, 7) is 34.2. The number of hydrogen-bond donors (Lipinski definition) is 0. The van der Waals surface area contributed by atoms with Gasteiger partial charge >= 0.3 is 7.82 Å². The standard InChI is InChI=1S/C35H60BO10P/c1-24(2)27(37)32(11,12)41-21-18-30(7,8)44-47(40,45-31(9,10)19-22-42-33(13,14)28(38)25(3)4)46-35(17,36)20-23-43-34(15,16)29(39)26(5)6/h1,3,5,18-23H2,2,4,6-17H3. The second-order valence-corrected chi connectivity index (χ2v) is 16.6. The van der Waals surface area contributed by atoms with Crippen LogP contribution in [-0.4, -0.2) is 78.5 Å². The van der Waals surface area contributed by atoms with E-state index in [1.807, 2.05) is 0 Å². The molecule has 0 rings (SSSR count). The fourth-order valence-corrected chi connectivity index (χ4v) is 6.51. The summed E-state index contributed by atoms with van der Waals surface area (Å²) in [5.74, 6) is -0.733. The second-order valence-electron chi connectivity index (χ2n) is 15.2. The Morgan fingerprint density at radius 1 is 0.532 bits per heavy atom. The monoisotopic (exact) mass is 682 g/mol. The average molecular weight is 683 g/mol. The van der Waals surface area contributed by atoms with Gasteiger partial charge in [-0.2, -0.15) is 0 Å². The highest BCUT2D eigenvalue weighted by molar-refractivity contribution is 7.48. The summed E-state index contributed by atoms with van der Waals surface area (Å²) in [6, 6.07) is 0. The van der Waals surface area contributed by atoms with Gasteiger partial charge in [-0.05, 0) is 133 Å². The van der Waals surface area contributed by atoms with E-state index < -0.39 is 41.3 Å². The number of rotatable bonds is 24. The van der Waals surface area contributed by atoms with Gasteiger partial charge in [0.2, 0.25) is 0 Å². The van der Waals surface area contributed by atoms with Crippen molar-refractivity contribution in [3.8, 4) is 0 Å². The molecular formula is C35H60BO10P. The third-order valence-corrected chi connectivity index (χ3v) is 9.31. The third kappa shape index (κ3) is 16.0. The van der Waals surface area contributed by atoms with Crippen molar-refractivity contribution in [2.24, 2.45) is 0 Å². The van der Waals surface area contributed by atoms with Gasteiger partial charge in [-0.25, -0.2) is 4.57 Å². The molecule has 0 aromatic heterocycles. The number of ketones is 3. The Hall–Kier alpha value is -1.72. The lowest BCUT2D eigenvalue weighted by Gasteiger charge is -2.39. The van der Waals surface area contributed by atoms with E-state index in [1.54, 1.807) is 90.0 Å². The summed E-state index contributed by atoms with van der Waals surface area (Å²) >= 11 is 0. The fourth-order valence-electron chi connectivity index (χ4n) is 4.40. The fraction of sp³-hybridized carbons (Fsp3) is 0.743. The van der Waals surface area contributed by atoms with E-state index in [2.05, 4.69) is 19.7 Å². The summed E-state index contributed by atoms with van der Waals surface area (Å²) in [6.07, 6.45) is 0.440. The molecule has 0 aliphatic heterocycles. The topological polar surface area (TPSA) is 124 Å². The Bertz CT molecular complexity index is 1080. The summed E-state index contributed by atoms with van der Waals surface area (Å²) in [5, 5.41) is 0. The highest BCUT2D eigenvalue weighted by atomic mass is 31.2. The number of phosphoric ester groups is 1. The lowest BCUT2D eigenvalue weighted by Crippen LogP contribution is -2.40. The maximum Gasteiger partial charge on any atom is 0.475 e. The summed E-state index contributed by atoms with van der Waals surface area (Å²) in [4.78, 5) is 37.4. The lowest BCUT2D eigenvalue weighted by atomic mass is 9.81. The van der Waals surface area contributed by atoms with Crippen LogP contribution in [0.25, 0.3) is 0 Å². The predicted octanol–water partition coefficient (Wildman–Crippen LogP) is 7.58. The molecule has 0 aliphatic rings. The van der Waals surface area contributed by atoms with E-state index in [-0.39, 0.29) is 56.4 Å². The van der Waals surface area contributed by atoms with E-state index >= 15 is 0 Å². The highest BCUT2D eigenvalue weighted by Crippen LogP contribution is 2.58. The van der Waals surface area contributed by atoms with Gasteiger partial charge in [-0.3, -0.25) is 28.0 Å². The van der Waals surface area contributed by atoms with Crippen molar-refractivity contribution < 1.29 is 46.7 Å². The van der Waals surface area contributed by atoms with Crippen LogP contribution < -0.4 is 0 Å². The van der Waals surface area contributed by atoms with Crippen LogP contribution in [0.4, 0.5) is 0 Å². The SMILES string of the molecule is [B]C(C)(CCOC(C)(C)C(=O)C(=C)C)OP(=O)(OC(C)(C)CCOC(C)(C)C(=O)C(=C)C)OC(C)(C)CCOC(C)(C)C(=O)C(=C)C. The molecule has 1 atom stereocenters. The van der Waals surface area contributed by atoms with Crippen molar-refractivity contribution in [3.05, 3.63) is 36.5 Å². The van der Waals surface area contributed by atoms with Gasteiger partial charge in [-0.1, -0.05) is 19.7 Å². The predicted molar refractivity (Wildman–Crippen MR) is 187 cm³/mol. The highest BCUT2D eigenvalue weighted by Gasteiger charge is 2.44. The third-order valence-electron chi connectivity index (χ3n) is 7.24. The quantitative estimate of drug-likeness (QED) is 0.0572. The molecule has 0 aromatic rings. The molecule has 1 unspecified atom stereocenters. The van der Waals surface area contributed by atoms with Crippen LogP contribution in [0.1, 0.15) is 116 Å². The molecule has 0 saturated carbocycles. The van der Waals surface area contributed by atoms with Gasteiger partial charge in [0.25, 0.3) is 0 Å². The van der Waals surface area contributed by atoms with Crippen LogP contribution in [0.15, 0.2) is 36.5 Å². The van der Waals surface area contributed by atoms with Crippen molar-refractivity contribution in [3.63, 3.8) is 0 Å². The van der Waals surface area contributed by atoms with Gasteiger partial charge in [0.1, 0.15) is 24.6 Å². The van der Waals surface area contributed by atoms with Crippen molar-refractivity contribution in [2.75, 3.05) is 19.8 Å². The lowest BCUT2D eigenvalue weighted by molar-refractivity contribution is -0.139. The summed E-state index contributed by atoms with van der Waals surface area (Å²) < 4.78 is 50.1. The number of phosphoric acid groups is 1. The molecule has 0 heterocycles. The molecule has 2 radical (unpaired) electrons. The number of hydrogen-bond acceptors (Lipinski definition) is 10. The van der Waals surface area contributed by atoms with Crippen molar-refractivity contribution in [1.82, 2.24) is 0 Å². The van der Waals surface area contributed by atoms with E-state index in [9.17, 15) is 18.9 Å². The van der Waals surface area contributed by atoms with Gasteiger partial charge in [-0.15, -0.1) is 0 Å².